The molecule has 0 heterocycles. The highest BCUT2D eigenvalue weighted by atomic mass is 35.5. The van der Waals surface area contributed by atoms with Crippen molar-refractivity contribution in [2.45, 2.75) is 29.6 Å². The quantitative estimate of drug-likeness (QED) is 0.477. The normalized spacial score (nSPS) is 21.1. The molecule has 3 nitrogen and oxygen atoms in total. The van der Waals surface area contributed by atoms with Crippen LogP contribution in [0.15, 0.2) is 77.7 Å². The van der Waals surface area contributed by atoms with Crippen LogP contribution >= 0.6 is 11.6 Å². The molecule has 0 unspecified atom stereocenters. The van der Waals surface area contributed by atoms with E-state index in [1.807, 2.05) is 31.2 Å². The minimum absolute atomic E-state index is 0.00474. The Balaban J connectivity index is 1.65. The molecular formula is C23H20ClFO3S. The third-order valence-electron chi connectivity index (χ3n) is 5.56. The lowest BCUT2D eigenvalue weighted by Crippen LogP contribution is -2.21. The predicted octanol–water partition coefficient (Wildman–Crippen LogP) is 5.62. The van der Waals surface area contributed by atoms with Gasteiger partial charge < -0.3 is 0 Å². The summed E-state index contributed by atoms with van der Waals surface area (Å²) in [5.41, 5.74) is 2.17. The molecule has 0 spiro atoms. The van der Waals surface area contributed by atoms with Crippen LogP contribution in [0.3, 0.4) is 0 Å². The average Bonchev–Trinajstić information content (AvgIpc) is 3.43. The molecule has 4 rings (SSSR count). The van der Waals surface area contributed by atoms with E-state index in [1.165, 1.54) is 24.3 Å². The van der Waals surface area contributed by atoms with Crippen LogP contribution in [0.25, 0.3) is 0 Å². The van der Waals surface area contributed by atoms with Gasteiger partial charge in [-0.1, -0.05) is 59.6 Å². The number of halogens is 2. The molecule has 1 fully saturated rings. The molecule has 29 heavy (non-hydrogen) atoms. The van der Waals surface area contributed by atoms with Gasteiger partial charge in [0, 0.05) is 10.4 Å². The first-order valence-corrected chi connectivity index (χ1v) is 11.1. The third kappa shape index (κ3) is 3.95. The standard InChI is InChI=1S/C23H20ClFO3S/c1-16-6-12-19(13-7-16)29(26,27)28-15-23(17-8-10-18(25)11-9-17)14-21(23)20-4-2-3-5-22(20)24/h2-13,21H,14-15H2,1H3/t21-,23-/m1/s1. The molecule has 0 saturated heterocycles. The Labute approximate surface area is 175 Å². The second-order valence-electron chi connectivity index (χ2n) is 7.47. The van der Waals surface area contributed by atoms with Gasteiger partial charge in [-0.2, -0.15) is 8.42 Å². The van der Waals surface area contributed by atoms with Crippen molar-refractivity contribution in [3.05, 3.63) is 100 Å². The molecular weight excluding hydrogens is 411 g/mol. The van der Waals surface area contributed by atoms with Gasteiger partial charge >= 0.3 is 0 Å². The van der Waals surface area contributed by atoms with Gasteiger partial charge in [-0.05, 0) is 60.7 Å². The Kier molecular flexibility index (Phi) is 5.23. The monoisotopic (exact) mass is 430 g/mol. The molecule has 0 amide bonds. The van der Waals surface area contributed by atoms with Crippen LogP contribution in [0.5, 0.6) is 0 Å². The smallest absolute Gasteiger partial charge is 0.265 e. The maximum Gasteiger partial charge on any atom is 0.297 e. The first-order chi connectivity index (χ1) is 13.8. The molecule has 0 N–H and O–H groups in total. The fourth-order valence-electron chi connectivity index (χ4n) is 3.77. The summed E-state index contributed by atoms with van der Waals surface area (Å²) in [5, 5.41) is 0.628. The van der Waals surface area contributed by atoms with E-state index in [4.69, 9.17) is 15.8 Å². The van der Waals surface area contributed by atoms with Crippen LogP contribution in [0.1, 0.15) is 29.0 Å². The van der Waals surface area contributed by atoms with E-state index >= 15 is 0 Å². The first-order valence-electron chi connectivity index (χ1n) is 9.28. The van der Waals surface area contributed by atoms with E-state index in [-0.39, 0.29) is 23.2 Å². The molecule has 0 aromatic heterocycles. The summed E-state index contributed by atoms with van der Waals surface area (Å²) in [5.74, 6) is -0.345. The minimum Gasteiger partial charge on any atom is -0.265 e. The lowest BCUT2D eigenvalue weighted by atomic mass is 9.91. The molecule has 6 heteroatoms. The topological polar surface area (TPSA) is 43.4 Å². The van der Waals surface area contributed by atoms with Gasteiger partial charge in [0.2, 0.25) is 0 Å². The van der Waals surface area contributed by atoms with Gasteiger partial charge in [-0.25, -0.2) is 4.39 Å². The molecule has 3 aromatic rings. The second-order valence-corrected chi connectivity index (χ2v) is 9.49. The minimum atomic E-state index is -3.91. The largest absolute Gasteiger partial charge is 0.297 e. The summed E-state index contributed by atoms with van der Waals surface area (Å²) >= 11 is 6.38. The van der Waals surface area contributed by atoms with Crippen LogP contribution in [0, 0.1) is 12.7 Å². The Hall–Kier alpha value is -2.21. The lowest BCUT2D eigenvalue weighted by Gasteiger charge is -2.19. The van der Waals surface area contributed by atoms with Gasteiger partial charge in [0.1, 0.15) is 5.82 Å². The number of aryl methyl sites for hydroxylation is 1. The maximum absolute atomic E-state index is 13.5. The SMILES string of the molecule is Cc1ccc(S(=O)(=O)OC[C@@]2(c3ccc(F)cc3)C[C@@H]2c2ccccc2Cl)cc1. The summed E-state index contributed by atoms with van der Waals surface area (Å²) in [4.78, 5) is 0.118. The zero-order chi connectivity index (χ0) is 20.6. The molecule has 1 saturated carbocycles. The maximum atomic E-state index is 13.5. The molecule has 3 aromatic carbocycles. The van der Waals surface area contributed by atoms with Gasteiger partial charge in [0.05, 0.1) is 11.5 Å². The van der Waals surface area contributed by atoms with Crippen LogP contribution in [0.2, 0.25) is 5.02 Å². The zero-order valence-corrected chi connectivity index (χ0v) is 17.4. The van der Waals surface area contributed by atoms with Crippen LogP contribution in [0.4, 0.5) is 4.39 Å². The number of rotatable bonds is 6. The fraction of sp³-hybridized carbons (Fsp3) is 0.217. The highest BCUT2D eigenvalue weighted by Crippen LogP contribution is 2.61. The predicted molar refractivity (Wildman–Crippen MR) is 111 cm³/mol. The van der Waals surface area contributed by atoms with Gasteiger partial charge in [-0.3, -0.25) is 4.18 Å². The van der Waals surface area contributed by atoms with E-state index in [1.54, 1.807) is 24.3 Å². The van der Waals surface area contributed by atoms with E-state index in [0.29, 0.717) is 11.4 Å². The van der Waals surface area contributed by atoms with Crippen molar-refractivity contribution in [1.82, 2.24) is 0 Å². The van der Waals surface area contributed by atoms with Crippen molar-refractivity contribution in [2.75, 3.05) is 6.61 Å². The molecule has 1 aliphatic rings. The highest BCUT2D eigenvalue weighted by Gasteiger charge is 2.57. The fourth-order valence-corrected chi connectivity index (χ4v) is 5.01. The number of hydrogen-bond donors (Lipinski definition) is 0. The second kappa shape index (κ2) is 7.56. The van der Waals surface area contributed by atoms with E-state index < -0.39 is 15.5 Å². The summed E-state index contributed by atoms with van der Waals surface area (Å²) in [6.07, 6.45) is 0.672. The van der Waals surface area contributed by atoms with E-state index in [0.717, 1.165) is 16.7 Å². The lowest BCUT2D eigenvalue weighted by molar-refractivity contribution is 0.278. The van der Waals surface area contributed by atoms with E-state index in [9.17, 15) is 12.8 Å². The number of benzene rings is 3. The molecule has 0 bridgehead atoms. The van der Waals surface area contributed by atoms with Crippen LogP contribution in [-0.4, -0.2) is 15.0 Å². The summed E-state index contributed by atoms with van der Waals surface area (Å²) in [7, 11) is -3.91. The van der Waals surface area contributed by atoms with Gasteiger partial charge in [0.25, 0.3) is 10.1 Å². The third-order valence-corrected chi connectivity index (χ3v) is 7.18. The van der Waals surface area contributed by atoms with Gasteiger partial charge in [-0.15, -0.1) is 0 Å². The van der Waals surface area contributed by atoms with Crippen molar-refractivity contribution in [3.63, 3.8) is 0 Å². The molecule has 2 atom stereocenters. The average molecular weight is 431 g/mol. The number of hydrogen-bond acceptors (Lipinski definition) is 3. The van der Waals surface area contributed by atoms with Crippen molar-refractivity contribution < 1.29 is 17.0 Å². The van der Waals surface area contributed by atoms with Crippen molar-refractivity contribution >= 4 is 21.7 Å². The van der Waals surface area contributed by atoms with Crippen LogP contribution in [-0.2, 0) is 19.7 Å². The Morgan fingerprint density at radius 2 is 1.69 bits per heavy atom. The van der Waals surface area contributed by atoms with Crippen molar-refractivity contribution in [2.24, 2.45) is 0 Å². The Morgan fingerprint density at radius 3 is 2.34 bits per heavy atom. The molecule has 150 valence electrons. The Bertz CT molecular complexity index is 1130. The van der Waals surface area contributed by atoms with Crippen LogP contribution < -0.4 is 0 Å². The van der Waals surface area contributed by atoms with Gasteiger partial charge in [0.15, 0.2) is 0 Å². The molecule has 0 radical (unpaired) electrons. The Morgan fingerprint density at radius 1 is 1.03 bits per heavy atom. The van der Waals surface area contributed by atoms with E-state index in [2.05, 4.69) is 0 Å². The highest BCUT2D eigenvalue weighted by molar-refractivity contribution is 7.86. The first kappa shape index (κ1) is 20.1. The molecule has 0 aliphatic heterocycles. The summed E-state index contributed by atoms with van der Waals surface area (Å²) < 4.78 is 44.4. The summed E-state index contributed by atoms with van der Waals surface area (Å²) in [6, 6.07) is 20.2. The zero-order valence-electron chi connectivity index (χ0n) is 15.8. The van der Waals surface area contributed by atoms with Crippen molar-refractivity contribution in [1.29, 1.82) is 0 Å². The van der Waals surface area contributed by atoms with Crippen molar-refractivity contribution in [3.8, 4) is 0 Å². The molecule has 1 aliphatic carbocycles. The summed E-state index contributed by atoms with van der Waals surface area (Å²) in [6.45, 7) is 1.85.